The fraction of sp³-hybridized carbons (Fsp3) is 0.115. The third-order valence-electron chi connectivity index (χ3n) is 5.28. The van der Waals surface area contributed by atoms with Crippen molar-refractivity contribution in [1.82, 2.24) is 9.55 Å². The Balaban J connectivity index is 1.90. The first-order chi connectivity index (χ1) is 15.0. The number of carbonyl (C=O) groups is 1. The average molecular weight is 409 g/mol. The molecule has 5 nitrogen and oxygen atoms in total. The summed E-state index contributed by atoms with van der Waals surface area (Å²) in [4.78, 5) is 30.5. The Morgan fingerprint density at radius 3 is 2.32 bits per heavy atom. The van der Waals surface area contributed by atoms with Crippen molar-refractivity contribution in [3.63, 3.8) is 0 Å². The standard InChI is InChI=1S/C26H23N3O2/c1-18-8-6-7-11-22(18)28-26(31)24-23(30)16-19(2)29(17-20-12-14-27-15-13-20)25(24)21-9-4-3-5-10-21/h3-16H,17H2,1-2H3,(H,28,31). The van der Waals surface area contributed by atoms with Crippen molar-refractivity contribution in [2.45, 2.75) is 20.4 Å². The van der Waals surface area contributed by atoms with Crippen LogP contribution in [0.5, 0.6) is 0 Å². The van der Waals surface area contributed by atoms with E-state index in [1.807, 2.05) is 85.1 Å². The number of pyridine rings is 2. The van der Waals surface area contributed by atoms with Crippen molar-refractivity contribution >= 4 is 11.6 Å². The van der Waals surface area contributed by atoms with E-state index >= 15 is 0 Å². The van der Waals surface area contributed by atoms with Gasteiger partial charge in [-0.1, -0.05) is 48.5 Å². The van der Waals surface area contributed by atoms with Crippen LogP contribution in [0.15, 0.2) is 90.0 Å². The Morgan fingerprint density at radius 2 is 1.61 bits per heavy atom. The molecule has 0 spiro atoms. The molecule has 0 aliphatic heterocycles. The molecule has 0 saturated carbocycles. The molecule has 0 aliphatic rings. The van der Waals surface area contributed by atoms with E-state index in [0.717, 1.165) is 22.4 Å². The summed E-state index contributed by atoms with van der Waals surface area (Å²) in [7, 11) is 0. The number of hydrogen-bond acceptors (Lipinski definition) is 3. The van der Waals surface area contributed by atoms with Crippen molar-refractivity contribution in [1.29, 1.82) is 0 Å². The number of carbonyl (C=O) groups excluding carboxylic acids is 1. The minimum absolute atomic E-state index is 0.133. The highest BCUT2D eigenvalue weighted by Crippen LogP contribution is 2.26. The van der Waals surface area contributed by atoms with Crippen LogP contribution in [0.25, 0.3) is 11.3 Å². The van der Waals surface area contributed by atoms with Crippen LogP contribution in [-0.2, 0) is 6.54 Å². The van der Waals surface area contributed by atoms with Gasteiger partial charge in [-0.3, -0.25) is 14.6 Å². The van der Waals surface area contributed by atoms with Gasteiger partial charge in [0.05, 0.1) is 5.69 Å². The molecule has 0 aliphatic carbocycles. The van der Waals surface area contributed by atoms with Crippen molar-refractivity contribution < 1.29 is 4.79 Å². The summed E-state index contributed by atoms with van der Waals surface area (Å²) in [5.74, 6) is -0.415. The maximum atomic E-state index is 13.4. The molecule has 2 aromatic heterocycles. The van der Waals surface area contributed by atoms with E-state index in [9.17, 15) is 9.59 Å². The number of anilines is 1. The molecule has 0 saturated heterocycles. The number of hydrogen-bond donors (Lipinski definition) is 1. The summed E-state index contributed by atoms with van der Waals surface area (Å²) in [5, 5.41) is 2.93. The number of aromatic nitrogens is 2. The van der Waals surface area contributed by atoms with Crippen LogP contribution < -0.4 is 10.7 Å². The zero-order chi connectivity index (χ0) is 21.8. The molecule has 0 unspecified atom stereocenters. The quantitative estimate of drug-likeness (QED) is 0.514. The van der Waals surface area contributed by atoms with Crippen molar-refractivity contribution in [3.05, 3.63) is 118 Å². The number of rotatable bonds is 5. The van der Waals surface area contributed by atoms with Crippen LogP contribution in [0.1, 0.15) is 27.2 Å². The molecule has 4 rings (SSSR count). The second-order valence-corrected chi connectivity index (χ2v) is 7.45. The van der Waals surface area contributed by atoms with Gasteiger partial charge in [-0.2, -0.15) is 0 Å². The maximum Gasteiger partial charge on any atom is 0.261 e. The van der Waals surface area contributed by atoms with Gasteiger partial charge in [-0.25, -0.2) is 0 Å². The summed E-state index contributed by atoms with van der Waals surface area (Å²) in [6.07, 6.45) is 3.47. The van der Waals surface area contributed by atoms with Gasteiger partial charge in [0.25, 0.3) is 5.91 Å². The van der Waals surface area contributed by atoms with Crippen LogP contribution in [0, 0.1) is 13.8 Å². The summed E-state index contributed by atoms with van der Waals surface area (Å²) in [6.45, 7) is 4.33. The fourth-order valence-corrected chi connectivity index (χ4v) is 3.66. The highest BCUT2D eigenvalue weighted by atomic mass is 16.2. The Kier molecular flexibility index (Phi) is 5.76. The number of amides is 1. The van der Waals surface area contributed by atoms with Gasteiger partial charge in [0, 0.05) is 36.4 Å². The number of para-hydroxylation sites is 1. The monoisotopic (exact) mass is 409 g/mol. The van der Waals surface area contributed by atoms with Crippen LogP contribution in [0.3, 0.4) is 0 Å². The first-order valence-corrected chi connectivity index (χ1v) is 10.1. The average Bonchev–Trinajstić information content (AvgIpc) is 2.78. The van der Waals surface area contributed by atoms with E-state index in [1.54, 1.807) is 12.4 Å². The molecule has 2 aromatic carbocycles. The summed E-state index contributed by atoms with van der Waals surface area (Å²) >= 11 is 0. The molecular formula is C26H23N3O2. The van der Waals surface area contributed by atoms with Gasteiger partial charge in [0.1, 0.15) is 5.56 Å². The molecule has 0 bridgehead atoms. The molecule has 4 aromatic rings. The lowest BCUT2D eigenvalue weighted by Gasteiger charge is -2.21. The second kappa shape index (κ2) is 8.79. The second-order valence-electron chi connectivity index (χ2n) is 7.45. The zero-order valence-electron chi connectivity index (χ0n) is 17.5. The van der Waals surface area contributed by atoms with Gasteiger partial charge in [0.15, 0.2) is 5.43 Å². The normalized spacial score (nSPS) is 10.6. The highest BCUT2D eigenvalue weighted by molar-refractivity contribution is 6.08. The molecule has 31 heavy (non-hydrogen) atoms. The molecule has 0 atom stereocenters. The third kappa shape index (κ3) is 4.31. The first-order valence-electron chi connectivity index (χ1n) is 10.1. The molecule has 0 fully saturated rings. The van der Waals surface area contributed by atoms with Crippen molar-refractivity contribution in [3.8, 4) is 11.3 Å². The van der Waals surface area contributed by atoms with E-state index < -0.39 is 5.91 Å². The Morgan fingerprint density at radius 1 is 0.935 bits per heavy atom. The zero-order valence-corrected chi connectivity index (χ0v) is 17.5. The van der Waals surface area contributed by atoms with E-state index in [2.05, 4.69) is 10.3 Å². The summed E-state index contributed by atoms with van der Waals surface area (Å²) in [5.41, 5.74) is 4.69. The van der Waals surface area contributed by atoms with Crippen LogP contribution in [0.4, 0.5) is 5.69 Å². The van der Waals surface area contributed by atoms with Crippen LogP contribution in [0.2, 0.25) is 0 Å². The maximum absolute atomic E-state index is 13.4. The highest BCUT2D eigenvalue weighted by Gasteiger charge is 2.22. The molecule has 0 radical (unpaired) electrons. The smallest absolute Gasteiger partial charge is 0.261 e. The van der Waals surface area contributed by atoms with Gasteiger partial charge < -0.3 is 9.88 Å². The van der Waals surface area contributed by atoms with E-state index in [1.165, 1.54) is 6.07 Å². The Bertz CT molecular complexity index is 1280. The SMILES string of the molecule is Cc1ccccc1NC(=O)c1c(-c2ccccc2)n(Cc2ccncc2)c(C)cc1=O. The number of nitrogens with one attached hydrogen (secondary N) is 1. The van der Waals surface area contributed by atoms with E-state index in [-0.39, 0.29) is 11.0 Å². The minimum atomic E-state index is -0.415. The number of aryl methyl sites for hydroxylation is 2. The van der Waals surface area contributed by atoms with E-state index in [0.29, 0.717) is 17.9 Å². The van der Waals surface area contributed by atoms with Crippen LogP contribution in [-0.4, -0.2) is 15.5 Å². The van der Waals surface area contributed by atoms with Gasteiger partial charge in [-0.15, -0.1) is 0 Å². The largest absolute Gasteiger partial charge is 0.340 e. The van der Waals surface area contributed by atoms with E-state index in [4.69, 9.17) is 0 Å². The van der Waals surface area contributed by atoms with Gasteiger partial charge in [0.2, 0.25) is 0 Å². The third-order valence-corrected chi connectivity index (χ3v) is 5.28. The van der Waals surface area contributed by atoms with Crippen molar-refractivity contribution in [2.24, 2.45) is 0 Å². The molecule has 5 heteroatoms. The number of nitrogens with zero attached hydrogens (tertiary/aromatic N) is 2. The predicted molar refractivity (Wildman–Crippen MR) is 123 cm³/mol. The predicted octanol–water partition coefficient (Wildman–Crippen LogP) is 4.83. The fourth-order valence-electron chi connectivity index (χ4n) is 3.66. The first kappa shape index (κ1) is 20.3. The molecular weight excluding hydrogens is 386 g/mol. The topological polar surface area (TPSA) is 64.0 Å². The molecule has 1 N–H and O–H groups in total. The lowest BCUT2D eigenvalue weighted by Crippen LogP contribution is -2.27. The Hall–Kier alpha value is -3.99. The lowest BCUT2D eigenvalue weighted by atomic mass is 10.0. The molecule has 1 amide bonds. The van der Waals surface area contributed by atoms with Crippen molar-refractivity contribution in [2.75, 3.05) is 5.32 Å². The van der Waals surface area contributed by atoms with Gasteiger partial charge >= 0.3 is 0 Å². The summed E-state index contributed by atoms with van der Waals surface area (Å²) in [6, 6.07) is 22.5. The minimum Gasteiger partial charge on any atom is -0.340 e. The molecule has 2 heterocycles. The number of benzene rings is 2. The Labute approximate surface area is 181 Å². The van der Waals surface area contributed by atoms with Gasteiger partial charge in [-0.05, 0) is 48.7 Å². The lowest BCUT2D eigenvalue weighted by molar-refractivity contribution is 0.102. The summed E-state index contributed by atoms with van der Waals surface area (Å²) < 4.78 is 2.01. The van der Waals surface area contributed by atoms with Crippen LogP contribution >= 0.6 is 0 Å². The molecule has 154 valence electrons.